The number of hydrogen-bond donors (Lipinski definition) is 2. The van der Waals surface area contributed by atoms with Gasteiger partial charge in [0.1, 0.15) is 0 Å². The number of nitrogens with zero attached hydrogens (tertiary/aromatic N) is 1. The Balaban J connectivity index is -0.00000180. The first-order valence-electron chi connectivity index (χ1n) is 17.1. The van der Waals surface area contributed by atoms with Crippen LogP contribution in [0.25, 0.3) is 0 Å². The van der Waals surface area contributed by atoms with Crippen molar-refractivity contribution >= 4 is 11.8 Å². The van der Waals surface area contributed by atoms with Gasteiger partial charge in [0.2, 0.25) is 11.8 Å². The molecule has 0 fully saturated rings. The lowest BCUT2D eigenvalue weighted by atomic mass is 9.93. The molecule has 0 heterocycles. The lowest BCUT2D eigenvalue weighted by Gasteiger charge is -2.22. The van der Waals surface area contributed by atoms with Crippen LogP contribution in [0.1, 0.15) is 122 Å². The summed E-state index contributed by atoms with van der Waals surface area (Å²) in [4.78, 5) is 26.1. The van der Waals surface area contributed by atoms with Crippen molar-refractivity contribution in [3.05, 3.63) is 70.9 Å². The molecule has 0 saturated carbocycles. The second kappa shape index (κ2) is 32.3. The summed E-state index contributed by atoms with van der Waals surface area (Å²) in [6.45, 7) is 28.4. The number of carbonyl (C=O) groups is 2. The number of hydrogen-bond acceptors (Lipinski definition) is 3. The van der Waals surface area contributed by atoms with Gasteiger partial charge in [-0.2, -0.15) is 0 Å². The first-order valence-corrected chi connectivity index (χ1v) is 17.1. The average Bonchev–Trinajstić information content (AvgIpc) is 3.17. The standard InChI is InChI=1S/C30H49N3O2.C4H8.2C2H6/c1-7-11-14-28-16-12-15-26(9-3)29(24(28)5)17-13-22-33(21-8-2)23-20-32-30(35)27(10-4)18-19-31-25(6)34;1-3-4-2;2*1-2/h11-12,14-17,27H,7-10,13,18-23H2,1-6H3,(H,31,34)(H,32,35);3-4H,1-2H3;2*1-2H3/b14-11-,29-17-;4-3-;;. The van der Waals surface area contributed by atoms with Gasteiger partial charge in [-0.05, 0) is 88.1 Å². The Morgan fingerprint density at radius 1 is 0.930 bits per heavy atom. The van der Waals surface area contributed by atoms with Crippen LogP contribution in [0.15, 0.2) is 70.9 Å². The monoisotopic (exact) mass is 600 g/mol. The molecule has 0 spiro atoms. The molecule has 0 aromatic carbocycles. The van der Waals surface area contributed by atoms with Crippen LogP contribution in [0.2, 0.25) is 0 Å². The van der Waals surface area contributed by atoms with E-state index in [-0.39, 0.29) is 17.7 Å². The summed E-state index contributed by atoms with van der Waals surface area (Å²) in [5, 5.41) is 5.90. The number of allylic oxidation sites excluding steroid dienone is 11. The predicted octanol–water partition coefficient (Wildman–Crippen LogP) is 9.51. The van der Waals surface area contributed by atoms with Gasteiger partial charge in [-0.1, -0.05) is 104 Å². The Labute approximate surface area is 267 Å². The molecule has 0 saturated heterocycles. The fourth-order valence-electron chi connectivity index (χ4n) is 4.36. The Bertz CT molecular complexity index is 887. The summed E-state index contributed by atoms with van der Waals surface area (Å²) in [6, 6.07) is 0. The average molecular weight is 600 g/mol. The molecule has 5 heteroatoms. The lowest BCUT2D eigenvalue weighted by Crippen LogP contribution is -2.39. The molecular weight excluding hydrogens is 530 g/mol. The molecule has 0 aliphatic heterocycles. The highest BCUT2D eigenvalue weighted by Crippen LogP contribution is 2.29. The summed E-state index contributed by atoms with van der Waals surface area (Å²) in [5.41, 5.74) is 5.38. The summed E-state index contributed by atoms with van der Waals surface area (Å²) < 4.78 is 0. The third-order valence-corrected chi connectivity index (χ3v) is 6.79. The minimum atomic E-state index is -0.0555. The fourth-order valence-corrected chi connectivity index (χ4v) is 4.36. The molecule has 0 bridgehead atoms. The molecule has 1 rings (SSSR count). The Morgan fingerprint density at radius 3 is 2.09 bits per heavy atom. The van der Waals surface area contributed by atoms with Gasteiger partial charge in [-0.3, -0.25) is 9.59 Å². The minimum Gasteiger partial charge on any atom is -0.356 e. The van der Waals surface area contributed by atoms with Crippen molar-refractivity contribution in [1.82, 2.24) is 15.5 Å². The van der Waals surface area contributed by atoms with Crippen molar-refractivity contribution in [1.29, 1.82) is 0 Å². The molecule has 1 aliphatic carbocycles. The van der Waals surface area contributed by atoms with Crippen molar-refractivity contribution in [2.75, 3.05) is 32.7 Å². The molecule has 43 heavy (non-hydrogen) atoms. The normalized spacial score (nSPS) is 14.3. The van der Waals surface area contributed by atoms with E-state index in [2.05, 4.69) is 79.7 Å². The van der Waals surface area contributed by atoms with Gasteiger partial charge in [0.05, 0.1) is 0 Å². The summed E-state index contributed by atoms with van der Waals surface area (Å²) in [6.07, 6.45) is 23.1. The molecule has 0 aromatic heterocycles. The van der Waals surface area contributed by atoms with E-state index >= 15 is 0 Å². The van der Waals surface area contributed by atoms with Crippen LogP contribution in [-0.4, -0.2) is 49.4 Å². The van der Waals surface area contributed by atoms with E-state index in [0.717, 1.165) is 51.7 Å². The van der Waals surface area contributed by atoms with Gasteiger partial charge in [-0.25, -0.2) is 0 Å². The van der Waals surface area contributed by atoms with Crippen LogP contribution in [0, 0.1) is 5.92 Å². The highest BCUT2D eigenvalue weighted by atomic mass is 16.2. The number of nitrogens with one attached hydrogen (secondary N) is 2. The summed E-state index contributed by atoms with van der Waals surface area (Å²) >= 11 is 0. The van der Waals surface area contributed by atoms with Crippen LogP contribution < -0.4 is 10.6 Å². The molecule has 1 aliphatic rings. The van der Waals surface area contributed by atoms with Crippen LogP contribution >= 0.6 is 0 Å². The minimum absolute atomic E-state index is 0.0496. The Kier molecular flexibility index (Phi) is 33.6. The quantitative estimate of drug-likeness (QED) is 0.174. The van der Waals surface area contributed by atoms with Crippen LogP contribution in [-0.2, 0) is 9.59 Å². The molecule has 5 nitrogen and oxygen atoms in total. The highest BCUT2D eigenvalue weighted by Gasteiger charge is 2.16. The number of rotatable bonds is 16. The molecule has 248 valence electrons. The van der Waals surface area contributed by atoms with E-state index in [1.54, 1.807) is 0 Å². The molecule has 0 radical (unpaired) electrons. The maximum absolute atomic E-state index is 12.6. The van der Waals surface area contributed by atoms with Crippen molar-refractivity contribution in [3.8, 4) is 0 Å². The summed E-state index contributed by atoms with van der Waals surface area (Å²) in [7, 11) is 0. The zero-order valence-corrected chi connectivity index (χ0v) is 30.2. The SMILES string of the molecule is C/C=C\C.CC.CC.CC/C=C\C1=C(C)C(=C/CCN(CCC)CCNC(=O)C(CC)CCNC(C)=O)/C(CC)=CC=C1. The first-order chi connectivity index (χ1) is 20.8. The maximum atomic E-state index is 12.6. The van der Waals surface area contributed by atoms with Crippen molar-refractivity contribution in [2.45, 2.75) is 122 Å². The van der Waals surface area contributed by atoms with E-state index in [0.29, 0.717) is 19.5 Å². The first kappa shape index (κ1) is 44.8. The van der Waals surface area contributed by atoms with Crippen molar-refractivity contribution in [2.24, 2.45) is 5.92 Å². The third-order valence-electron chi connectivity index (χ3n) is 6.79. The van der Waals surface area contributed by atoms with E-state index < -0.39 is 0 Å². The van der Waals surface area contributed by atoms with Gasteiger partial charge < -0.3 is 15.5 Å². The highest BCUT2D eigenvalue weighted by molar-refractivity contribution is 5.78. The predicted molar refractivity (Wildman–Crippen MR) is 192 cm³/mol. The second-order valence-corrected chi connectivity index (χ2v) is 9.88. The molecule has 1 unspecified atom stereocenters. The molecule has 2 N–H and O–H groups in total. The third kappa shape index (κ3) is 22.5. The second-order valence-electron chi connectivity index (χ2n) is 9.88. The maximum Gasteiger partial charge on any atom is 0.223 e. The Morgan fingerprint density at radius 2 is 1.58 bits per heavy atom. The molecular formula is C38H69N3O2. The topological polar surface area (TPSA) is 61.4 Å². The summed E-state index contributed by atoms with van der Waals surface area (Å²) in [5.74, 6) is -0.0139. The van der Waals surface area contributed by atoms with E-state index in [4.69, 9.17) is 0 Å². The fraction of sp³-hybridized carbons (Fsp3) is 0.632. The van der Waals surface area contributed by atoms with Crippen molar-refractivity contribution < 1.29 is 9.59 Å². The van der Waals surface area contributed by atoms with Gasteiger partial charge >= 0.3 is 0 Å². The van der Waals surface area contributed by atoms with E-state index in [1.807, 2.05) is 60.6 Å². The zero-order valence-electron chi connectivity index (χ0n) is 30.2. The smallest absolute Gasteiger partial charge is 0.223 e. The molecule has 0 aromatic rings. The van der Waals surface area contributed by atoms with E-state index in [9.17, 15) is 9.59 Å². The Hall–Kier alpha value is -2.66. The molecule has 1 atom stereocenters. The van der Waals surface area contributed by atoms with Gasteiger partial charge in [0, 0.05) is 39.0 Å². The van der Waals surface area contributed by atoms with E-state index in [1.165, 1.54) is 29.2 Å². The van der Waals surface area contributed by atoms with Crippen LogP contribution in [0.5, 0.6) is 0 Å². The van der Waals surface area contributed by atoms with Gasteiger partial charge in [-0.15, -0.1) is 0 Å². The lowest BCUT2D eigenvalue weighted by molar-refractivity contribution is -0.126. The number of carbonyl (C=O) groups excluding carboxylic acids is 2. The zero-order chi connectivity index (χ0) is 33.5. The van der Waals surface area contributed by atoms with Gasteiger partial charge in [0.15, 0.2) is 0 Å². The molecule has 2 amide bonds. The number of amides is 2. The van der Waals surface area contributed by atoms with Gasteiger partial charge in [0.25, 0.3) is 0 Å². The van der Waals surface area contributed by atoms with Crippen molar-refractivity contribution in [3.63, 3.8) is 0 Å². The largest absolute Gasteiger partial charge is 0.356 e. The van der Waals surface area contributed by atoms with Crippen LogP contribution in [0.4, 0.5) is 0 Å². The van der Waals surface area contributed by atoms with Crippen LogP contribution in [0.3, 0.4) is 0 Å².